The fourth-order valence-corrected chi connectivity index (χ4v) is 4.20. The molecule has 2 aliphatic rings. The van der Waals surface area contributed by atoms with Crippen LogP contribution in [0, 0.1) is 5.92 Å². The van der Waals surface area contributed by atoms with Crippen molar-refractivity contribution in [3.8, 4) is 5.75 Å². The first kappa shape index (κ1) is 20.6. The van der Waals surface area contributed by atoms with Crippen molar-refractivity contribution < 1.29 is 13.2 Å². The van der Waals surface area contributed by atoms with Crippen molar-refractivity contribution in [2.45, 2.75) is 32.7 Å². The minimum Gasteiger partial charge on any atom is -0.494 e. The molecule has 8 nitrogen and oxygen atoms in total. The first-order chi connectivity index (χ1) is 13.4. The van der Waals surface area contributed by atoms with Gasteiger partial charge in [0, 0.05) is 26.6 Å². The highest BCUT2D eigenvalue weighted by molar-refractivity contribution is 7.89. The predicted octanol–water partition coefficient (Wildman–Crippen LogP) is 1.55. The average Bonchev–Trinajstić information content (AvgIpc) is 2.97. The van der Waals surface area contributed by atoms with Crippen molar-refractivity contribution in [2.75, 3.05) is 33.3 Å². The van der Waals surface area contributed by atoms with Gasteiger partial charge in [-0.05, 0) is 49.5 Å². The van der Waals surface area contributed by atoms with Gasteiger partial charge < -0.3 is 4.74 Å². The number of hydrogen-bond acceptors (Lipinski definition) is 6. The van der Waals surface area contributed by atoms with E-state index in [1.54, 1.807) is 0 Å². The third kappa shape index (κ3) is 5.93. The monoisotopic (exact) mass is 407 g/mol. The summed E-state index contributed by atoms with van der Waals surface area (Å²) in [6.07, 6.45) is 3.22. The molecular weight excluding hydrogens is 378 g/mol. The largest absolute Gasteiger partial charge is 0.494 e. The molecule has 2 saturated heterocycles. The maximum absolute atomic E-state index is 11.5. The molecule has 0 spiro atoms. The molecule has 1 aromatic carbocycles. The topological polar surface area (TPSA) is 95.4 Å². The fourth-order valence-electron chi connectivity index (χ4n) is 3.29. The number of piperidine rings is 1. The van der Waals surface area contributed by atoms with Crippen molar-refractivity contribution >= 4 is 21.9 Å². The highest BCUT2D eigenvalue weighted by Crippen LogP contribution is 2.20. The zero-order valence-corrected chi connectivity index (χ0v) is 17.3. The number of aliphatic imine (C=N–C) groups is 2. The maximum Gasteiger partial charge on any atom is 0.324 e. The minimum atomic E-state index is -3.56. The number of hydrogen-bond donors (Lipinski definition) is 2. The molecule has 0 amide bonds. The van der Waals surface area contributed by atoms with Crippen LogP contribution in [0.2, 0.25) is 0 Å². The Labute approximate surface area is 167 Å². The van der Waals surface area contributed by atoms with Crippen LogP contribution in [0.3, 0.4) is 0 Å². The number of amidine groups is 2. The van der Waals surface area contributed by atoms with Gasteiger partial charge in [-0.3, -0.25) is 14.9 Å². The lowest BCUT2D eigenvalue weighted by Crippen LogP contribution is -2.32. The smallest absolute Gasteiger partial charge is 0.324 e. The van der Waals surface area contributed by atoms with Crippen LogP contribution in [0.1, 0.15) is 31.7 Å². The number of benzene rings is 1. The van der Waals surface area contributed by atoms with Crippen LogP contribution in [0.5, 0.6) is 5.75 Å². The van der Waals surface area contributed by atoms with E-state index < -0.39 is 10.2 Å². The second kappa shape index (κ2) is 9.38. The van der Waals surface area contributed by atoms with Gasteiger partial charge in [0.1, 0.15) is 5.75 Å². The summed E-state index contributed by atoms with van der Waals surface area (Å²) in [6, 6.07) is 8.23. The molecule has 0 saturated carbocycles. The molecular formula is C19H29N5O3S. The number of likely N-dealkylation sites (tertiary alicyclic amines) is 1. The van der Waals surface area contributed by atoms with Crippen LogP contribution in [0.15, 0.2) is 34.3 Å². The van der Waals surface area contributed by atoms with Gasteiger partial charge in [0.25, 0.3) is 0 Å². The molecule has 0 unspecified atom stereocenters. The minimum absolute atomic E-state index is 0.237. The summed E-state index contributed by atoms with van der Waals surface area (Å²) in [6.45, 7) is 6.57. The molecule has 154 valence electrons. The number of nitrogens with zero attached hydrogens (tertiary/aromatic N) is 3. The molecule has 1 aromatic rings. The van der Waals surface area contributed by atoms with Gasteiger partial charge >= 0.3 is 10.2 Å². The maximum atomic E-state index is 11.5. The second-order valence-corrected chi connectivity index (χ2v) is 8.73. The number of ether oxygens (including phenoxy) is 1. The lowest BCUT2D eigenvalue weighted by atomic mass is 9.99. The Kier molecular flexibility index (Phi) is 6.90. The lowest BCUT2D eigenvalue weighted by molar-refractivity contribution is 0.185. The number of rotatable bonds is 7. The standard InChI is InChI=1S/C19H29N5O3S/c1-15-7-10-24(11-8-15)14-16-5-3-6-17(13-16)27-12-4-9-21-19-18(20-2)22-28(25,26)23-19/h3,5-6,13,15H,4,7-12,14H2,1-2H3,(H,20,22)(H,21,23). The zero-order valence-electron chi connectivity index (χ0n) is 16.5. The van der Waals surface area contributed by atoms with Gasteiger partial charge in [-0.1, -0.05) is 19.1 Å². The molecule has 3 rings (SSSR count). The molecule has 2 aliphatic heterocycles. The first-order valence-corrected chi connectivity index (χ1v) is 11.2. The lowest BCUT2D eigenvalue weighted by Gasteiger charge is -2.30. The van der Waals surface area contributed by atoms with Crippen LogP contribution in [0.25, 0.3) is 0 Å². The molecule has 28 heavy (non-hydrogen) atoms. The van der Waals surface area contributed by atoms with Crippen LogP contribution in [-0.2, 0) is 16.8 Å². The molecule has 9 heteroatoms. The normalized spacial score (nSPS) is 22.9. The predicted molar refractivity (Wildman–Crippen MR) is 111 cm³/mol. The highest BCUT2D eigenvalue weighted by atomic mass is 32.2. The molecule has 0 radical (unpaired) electrons. The van der Waals surface area contributed by atoms with E-state index in [2.05, 4.69) is 43.4 Å². The Morgan fingerprint density at radius 1 is 1.21 bits per heavy atom. The van der Waals surface area contributed by atoms with Gasteiger partial charge in [-0.15, -0.1) is 0 Å². The Hall–Kier alpha value is -2.13. The summed E-state index contributed by atoms with van der Waals surface area (Å²) >= 11 is 0. The van der Waals surface area contributed by atoms with Crippen LogP contribution in [0.4, 0.5) is 0 Å². The van der Waals surface area contributed by atoms with Gasteiger partial charge in [0.05, 0.1) is 6.61 Å². The van der Waals surface area contributed by atoms with Gasteiger partial charge in [0.2, 0.25) is 0 Å². The zero-order chi connectivity index (χ0) is 20.0. The van der Waals surface area contributed by atoms with E-state index in [4.69, 9.17) is 4.74 Å². The summed E-state index contributed by atoms with van der Waals surface area (Å²) in [5, 5.41) is 0. The second-order valence-electron chi connectivity index (χ2n) is 7.32. The fraction of sp³-hybridized carbons (Fsp3) is 0.579. The first-order valence-electron chi connectivity index (χ1n) is 9.71. The molecule has 2 N–H and O–H groups in total. The van der Waals surface area contributed by atoms with Crippen LogP contribution < -0.4 is 14.2 Å². The van der Waals surface area contributed by atoms with Crippen LogP contribution >= 0.6 is 0 Å². The van der Waals surface area contributed by atoms with Gasteiger partial charge in [0.15, 0.2) is 11.7 Å². The van der Waals surface area contributed by atoms with Gasteiger partial charge in [-0.25, -0.2) is 9.44 Å². The Morgan fingerprint density at radius 2 is 1.96 bits per heavy atom. The molecule has 0 bridgehead atoms. The molecule has 2 heterocycles. The third-order valence-corrected chi connectivity index (χ3v) is 5.86. The van der Waals surface area contributed by atoms with E-state index in [0.717, 1.165) is 31.3 Å². The van der Waals surface area contributed by atoms with E-state index in [0.29, 0.717) is 19.6 Å². The van der Waals surface area contributed by atoms with E-state index in [-0.39, 0.29) is 11.7 Å². The third-order valence-electron chi connectivity index (χ3n) is 4.93. The Balaban J connectivity index is 1.43. The Bertz CT molecular complexity index is 830. The molecule has 0 aromatic heterocycles. The highest BCUT2D eigenvalue weighted by Gasteiger charge is 2.27. The Morgan fingerprint density at radius 3 is 2.71 bits per heavy atom. The van der Waals surface area contributed by atoms with Crippen LogP contribution in [-0.4, -0.2) is 58.3 Å². The molecule has 2 fully saturated rings. The summed E-state index contributed by atoms with van der Waals surface area (Å²) in [5.41, 5.74) is 1.27. The average molecular weight is 408 g/mol. The van der Waals surface area contributed by atoms with Gasteiger partial charge in [-0.2, -0.15) is 8.42 Å². The molecule has 0 atom stereocenters. The van der Waals surface area contributed by atoms with Crippen molar-refractivity contribution in [1.82, 2.24) is 14.3 Å². The van der Waals surface area contributed by atoms with Crippen molar-refractivity contribution in [1.29, 1.82) is 0 Å². The van der Waals surface area contributed by atoms with E-state index in [9.17, 15) is 8.42 Å². The number of nitrogens with one attached hydrogen (secondary N) is 2. The van der Waals surface area contributed by atoms with E-state index in [1.165, 1.54) is 25.5 Å². The SMILES string of the molecule is CN=C1NS(=O)(=O)NC1=NCCCOc1cccc(CN2CCC(C)CC2)c1. The summed E-state index contributed by atoms with van der Waals surface area (Å²) in [5.74, 6) is 2.18. The van der Waals surface area contributed by atoms with E-state index >= 15 is 0 Å². The van der Waals surface area contributed by atoms with Crippen molar-refractivity contribution in [2.24, 2.45) is 15.9 Å². The van der Waals surface area contributed by atoms with E-state index in [1.807, 2.05) is 12.1 Å². The molecule has 0 aliphatic carbocycles. The summed E-state index contributed by atoms with van der Waals surface area (Å²) in [4.78, 5) is 10.6. The van der Waals surface area contributed by atoms with Crippen molar-refractivity contribution in [3.63, 3.8) is 0 Å². The van der Waals surface area contributed by atoms with Crippen molar-refractivity contribution in [3.05, 3.63) is 29.8 Å². The quantitative estimate of drug-likeness (QED) is 0.671. The summed E-state index contributed by atoms with van der Waals surface area (Å²) < 4.78 is 33.4. The summed E-state index contributed by atoms with van der Waals surface area (Å²) in [7, 11) is -2.04.